The number of hydrogen-bond donors (Lipinski definition) is 0. The van der Waals surface area contributed by atoms with Crippen molar-refractivity contribution >= 4 is 17.0 Å². The molecule has 0 bridgehead atoms. The number of hydrogen-bond acceptors (Lipinski definition) is 0. The molecule has 4 heteroatoms. The van der Waals surface area contributed by atoms with Crippen molar-refractivity contribution in [3.05, 3.63) is 10.6 Å². The van der Waals surface area contributed by atoms with E-state index in [0.29, 0.717) is 12.1 Å². The molecule has 2 aliphatic carbocycles. The van der Waals surface area contributed by atoms with Gasteiger partial charge in [-0.25, -0.2) is 0 Å². The van der Waals surface area contributed by atoms with Gasteiger partial charge in [-0.05, 0) is 0 Å². The normalized spacial score (nSPS) is 20.2. The number of nitrogens with zero attached hydrogens (tertiary/aromatic N) is 2. The SMILES string of the molecule is Br.CC(C)(C)[N-]C1CCCCC1.CC(C)(C)[N-]C1CCCCC1.[Nd]. The summed E-state index contributed by atoms with van der Waals surface area (Å²) in [5.74, 6) is 0. The smallest absolute Gasteiger partial charge is 0 e. The van der Waals surface area contributed by atoms with E-state index in [-0.39, 0.29) is 68.9 Å². The molecule has 144 valence electrons. The third-order valence-electron chi connectivity index (χ3n) is 4.29. The zero-order valence-electron chi connectivity index (χ0n) is 17.0. The second kappa shape index (κ2) is 13.8. The predicted octanol–water partition coefficient (Wildman–Crippen LogP) is 7.56. The third kappa shape index (κ3) is 16.0. The molecule has 2 nitrogen and oxygen atoms in total. The molecule has 0 aliphatic heterocycles. The van der Waals surface area contributed by atoms with Crippen molar-refractivity contribution in [1.29, 1.82) is 0 Å². The average molecular weight is 534 g/mol. The summed E-state index contributed by atoms with van der Waals surface area (Å²) in [6, 6.07) is 1.34. The maximum Gasteiger partial charge on any atom is 0 e. The Hall–Kier alpha value is 1.75. The first-order chi connectivity index (χ1) is 10.2. The molecule has 0 heterocycles. The van der Waals surface area contributed by atoms with E-state index in [4.69, 9.17) is 10.6 Å². The van der Waals surface area contributed by atoms with E-state index in [2.05, 4.69) is 41.5 Å². The molecule has 0 aromatic carbocycles. The first kappa shape index (κ1) is 28.0. The fourth-order valence-electron chi connectivity index (χ4n) is 3.52. The van der Waals surface area contributed by atoms with Crippen LogP contribution < -0.4 is 0 Å². The van der Waals surface area contributed by atoms with Gasteiger partial charge in [0.15, 0.2) is 0 Å². The zero-order chi connectivity index (χ0) is 16.6. The Labute approximate surface area is 195 Å². The molecule has 2 rings (SSSR count). The van der Waals surface area contributed by atoms with Crippen molar-refractivity contribution in [2.75, 3.05) is 0 Å². The van der Waals surface area contributed by atoms with Gasteiger partial charge in [-0.1, -0.05) is 106 Å². The van der Waals surface area contributed by atoms with Crippen LogP contribution in [0.1, 0.15) is 106 Å². The van der Waals surface area contributed by atoms with E-state index in [1.807, 2.05) is 0 Å². The molecule has 2 aliphatic rings. The van der Waals surface area contributed by atoms with Crippen LogP contribution in [-0.4, -0.2) is 23.2 Å². The van der Waals surface area contributed by atoms with Gasteiger partial charge in [0.1, 0.15) is 0 Å². The minimum atomic E-state index is 0. The quantitative estimate of drug-likeness (QED) is 0.350. The van der Waals surface area contributed by atoms with E-state index in [9.17, 15) is 0 Å². The molecule has 0 spiro atoms. The van der Waals surface area contributed by atoms with Gasteiger partial charge >= 0.3 is 0 Å². The minimum Gasteiger partial charge on any atom is -0.655 e. The molecule has 0 N–H and O–H groups in total. The van der Waals surface area contributed by atoms with Gasteiger partial charge in [-0.2, -0.15) is 0 Å². The number of rotatable bonds is 2. The average Bonchev–Trinajstić information content (AvgIpc) is 2.38. The Morgan fingerprint density at radius 3 is 1.00 bits per heavy atom. The van der Waals surface area contributed by atoms with Crippen LogP contribution in [0.2, 0.25) is 0 Å². The van der Waals surface area contributed by atoms with Crippen LogP contribution in [0, 0.1) is 40.8 Å². The number of halogens is 1. The van der Waals surface area contributed by atoms with Crippen LogP contribution >= 0.6 is 17.0 Å². The summed E-state index contributed by atoms with van der Waals surface area (Å²) < 4.78 is 0. The van der Waals surface area contributed by atoms with Crippen LogP contribution in [0.25, 0.3) is 10.6 Å². The summed E-state index contributed by atoms with van der Waals surface area (Å²) in [5, 5.41) is 9.54. The Morgan fingerprint density at radius 2 is 0.792 bits per heavy atom. The molecule has 0 atom stereocenters. The van der Waals surface area contributed by atoms with Gasteiger partial charge in [0, 0.05) is 40.8 Å². The molecule has 2 saturated carbocycles. The first-order valence-corrected chi connectivity index (χ1v) is 9.60. The Bertz CT molecular complexity index is 255. The third-order valence-corrected chi connectivity index (χ3v) is 4.29. The Morgan fingerprint density at radius 1 is 0.542 bits per heavy atom. The van der Waals surface area contributed by atoms with Gasteiger partial charge in [-0.3, -0.25) is 0 Å². The first-order valence-electron chi connectivity index (χ1n) is 9.60. The molecule has 0 aromatic heterocycles. The van der Waals surface area contributed by atoms with Gasteiger partial charge in [0.05, 0.1) is 0 Å². The molecule has 24 heavy (non-hydrogen) atoms. The van der Waals surface area contributed by atoms with Crippen molar-refractivity contribution in [2.45, 2.75) is 129 Å². The van der Waals surface area contributed by atoms with Crippen LogP contribution in [0.4, 0.5) is 0 Å². The second-order valence-corrected chi connectivity index (χ2v) is 9.18. The maximum absolute atomic E-state index is 4.77. The molecule has 0 radical (unpaired) electrons. The van der Waals surface area contributed by atoms with Crippen molar-refractivity contribution in [1.82, 2.24) is 0 Å². The summed E-state index contributed by atoms with van der Waals surface area (Å²) in [6.45, 7) is 13.2. The fraction of sp³-hybridized carbons (Fsp3) is 1.00. The van der Waals surface area contributed by atoms with Gasteiger partial charge < -0.3 is 10.6 Å². The Kier molecular flexibility index (Phi) is 16.1. The van der Waals surface area contributed by atoms with Crippen molar-refractivity contribution in [3.63, 3.8) is 0 Å². The van der Waals surface area contributed by atoms with E-state index < -0.39 is 0 Å². The second-order valence-electron chi connectivity index (χ2n) is 9.18. The molecule has 0 amide bonds. The summed E-state index contributed by atoms with van der Waals surface area (Å²) in [4.78, 5) is 0. The monoisotopic (exact) mass is 530 g/mol. The topological polar surface area (TPSA) is 28.2 Å². The molecule has 0 aromatic rings. The molecular weight excluding hydrogens is 492 g/mol. The van der Waals surface area contributed by atoms with Crippen molar-refractivity contribution < 1.29 is 40.8 Å². The largest absolute Gasteiger partial charge is 0.655 e. The zero-order valence-corrected chi connectivity index (χ0v) is 21.9. The molecule has 0 saturated heterocycles. The summed E-state index contributed by atoms with van der Waals surface area (Å²) in [6.07, 6.45) is 13.7. The van der Waals surface area contributed by atoms with E-state index >= 15 is 0 Å². The van der Waals surface area contributed by atoms with Crippen LogP contribution in [0.5, 0.6) is 0 Å². The van der Waals surface area contributed by atoms with Crippen molar-refractivity contribution in [3.8, 4) is 0 Å². The van der Waals surface area contributed by atoms with E-state index in [1.165, 1.54) is 64.2 Å². The minimum absolute atomic E-state index is 0. The van der Waals surface area contributed by atoms with Gasteiger partial charge in [-0.15, -0.1) is 40.1 Å². The van der Waals surface area contributed by atoms with Gasteiger partial charge in [0.25, 0.3) is 0 Å². The molecular formula is C20H41BrN2Nd-2. The van der Waals surface area contributed by atoms with E-state index in [0.717, 1.165) is 0 Å². The van der Waals surface area contributed by atoms with Crippen LogP contribution in [-0.2, 0) is 0 Å². The fourth-order valence-corrected chi connectivity index (χ4v) is 3.52. The predicted molar refractivity (Wildman–Crippen MR) is 110 cm³/mol. The van der Waals surface area contributed by atoms with Gasteiger partial charge in [0.2, 0.25) is 0 Å². The van der Waals surface area contributed by atoms with Crippen LogP contribution in [0.3, 0.4) is 0 Å². The van der Waals surface area contributed by atoms with Crippen LogP contribution in [0.15, 0.2) is 0 Å². The van der Waals surface area contributed by atoms with Crippen molar-refractivity contribution in [2.24, 2.45) is 0 Å². The standard InChI is InChI=1S/2C10H20N.BrH.Nd/c2*1-10(2,3)11-9-7-5-4-6-8-9;;/h2*9H,4-8H2,1-3H3;1H;/q2*-1;;. The molecule has 0 unspecified atom stereocenters. The summed E-state index contributed by atoms with van der Waals surface area (Å²) in [5.41, 5.74) is 0.365. The van der Waals surface area contributed by atoms with E-state index in [1.54, 1.807) is 0 Å². The summed E-state index contributed by atoms with van der Waals surface area (Å²) in [7, 11) is 0. The maximum atomic E-state index is 4.77. The summed E-state index contributed by atoms with van der Waals surface area (Å²) >= 11 is 0. The Balaban J connectivity index is 0. The molecule has 2 fully saturated rings.